The van der Waals surface area contributed by atoms with Crippen LogP contribution in [-0.4, -0.2) is 16.0 Å². The summed E-state index contributed by atoms with van der Waals surface area (Å²) in [6.45, 7) is 3.54. The zero-order valence-electron chi connectivity index (χ0n) is 11.8. The fourth-order valence-electron chi connectivity index (χ4n) is 2.18. The van der Waals surface area contributed by atoms with Crippen molar-refractivity contribution in [1.29, 1.82) is 0 Å². The van der Waals surface area contributed by atoms with Gasteiger partial charge in [-0.05, 0) is 38.1 Å². The number of aryl methyl sites for hydroxylation is 2. The average Bonchev–Trinajstić information content (AvgIpc) is 2.82. The Morgan fingerprint density at radius 3 is 2.73 bits per heavy atom. The maximum atomic E-state index is 12.6. The summed E-state index contributed by atoms with van der Waals surface area (Å²) in [6.07, 6.45) is 0. The molecule has 0 saturated carbocycles. The van der Waals surface area contributed by atoms with Crippen molar-refractivity contribution in [2.24, 2.45) is 0 Å². The lowest BCUT2D eigenvalue weighted by Crippen LogP contribution is -2.13. The predicted molar refractivity (Wildman–Crippen MR) is 85.7 cm³/mol. The van der Waals surface area contributed by atoms with Gasteiger partial charge in [0, 0.05) is 10.7 Å². The summed E-state index contributed by atoms with van der Waals surface area (Å²) in [7, 11) is 0. The second kappa shape index (κ2) is 5.59. The first kappa shape index (κ1) is 14.8. The lowest BCUT2D eigenvalue weighted by Gasteiger charge is -2.08. The summed E-state index contributed by atoms with van der Waals surface area (Å²) in [4.78, 5) is 16.8. The molecule has 0 fully saturated rings. The number of halogens is 2. The molecule has 0 bridgehead atoms. The second-order valence-corrected chi connectivity index (χ2v) is 5.68. The molecule has 0 atom stereocenters. The van der Waals surface area contributed by atoms with Crippen LogP contribution in [0.4, 0.5) is 5.69 Å². The van der Waals surface area contributed by atoms with Crippen molar-refractivity contribution in [1.82, 2.24) is 10.1 Å². The van der Waals surface area contributed by atoms with Crippen LogP contribution in [0.2, 0.25) is 10.0 Å². The van der Waals surface area contributed by atoms with Gasteiger partial charge in [-0.1, -0.05) is 28.4 Å². The van der Waals surface area contributed by atoms with Crippen LogP contribution in [0.5, 0.6) is 0 Å². The second-order valence-electron chi connectivity index (χ2n) is 4.84. The van der Waals surface area contributed by atoms with Crippen molar-refractivity contribution in [3.63, 3.8) is 0 Å². The van der Waals surface area contributed by atoms with Crippen molar-refractivity contribution < 1.29 is 9.32 Å². The standard InChI is InChI=1S/C15H11Cl2N3O2/c1-7-5-10(13-8(2)20-22-15(13)18-7)14(21)19-12-4-3-9(16)6-11(12)17/h3-6H,1-2H3,(H,19,21). The van der Waals surface area contributed by atoms with Crippen LogP contribution in [0.1, 0.15) is 21.7 Å². The fraction of sp³-hybridized carbons (Fsp3) is 0.133. The highest BCUT2D eigenvalue weighted by atomic mass is 35.5. The molecule has 0 unspecified atom stereocenters. The van der Waals surface area contributed by atoms with Gasteiger partial charge < -0.3 is 9.84 Å². The molecule has 3 rings (SSSR count). The molecule has 7 heteroatoms. The minimum atomic E-state index is -0.314. The summed E-state index contributed by atoms with van der Waals surface area (Å²) in [6, 6.07) is 6.55. The molecule has 1 aromatic carbocycles. The van der Waals surface area contributed by atoms with Crippen molar-refractivity contribution in [2.75, 3.05) is 5.32 Å². The summed E-state index contributed by atoms with van der Waals surface area (Å²) < 4.78 is 5.13. The van der Waals surface area contributed by atoms with E-state index in [9.17, 15) is 4.79 Å². The van der Waals surface area contributed by atoms with Gasteiger partial charge in [0.1, 0.15) is 0 Å². The molecular formula is C15H11Cl2N3O2. The van der Waals surface area contributed by atoms with Crippen LogP contribution in [0.15, 0.2) is 28.8 Å². The predicted octanol–water partition coefficient (Wildman–Crippen LogP) is 4.40. The summed E-state index contributed by atoms with van der Waals surface area (Å²) >= 11 is 11.9. The quantitative estimate of drug-likeness (QED) is 0.753. The van der Waals surface area contributed by atoms with Gasteiger partial charge in [-0.3, -0.25) is 4.79 Å². The van der Waals surface area contributed by atoms with Crippen molar-refractivity contribution in [3.8, 4) is 0 Å². The first-order valence-corrected chi connectivity index (χ1v) is 7.21. The number of nitrogens with one attached hydrogen (secondary N) is 1. The maximum Gasteiger partial charge on any atom is 0.258 e. The largest absolute Gasteiger partial charge is 0.336 e. The highest BCUT2D eigenvalue weighted by Crippen LogP contribution is 2.27. The Morgan fingerprint density at radius 1 is 1.23 bits per heavy atom. The van der Waals surface area contributed by atoms with E-state index >= 15 is 0 Å². The van der Waals surface area contributed by atoms with Crippen LogP contribution in [0.3, 0.4) is 0 Å². The van der Waals surface area contributed by atoms with Gasteiger partial charge in [-0.15, -0.1) is 0 Å². The molecule has 0 aliphatic rings. The lowest BCUT2D eigenvalue weighted by molar-refractivity contribution is 0.102. The number of nitrogens with zero attached hydrogens (tertiary/aromatic N) is 2. The first-order valence-electron chi connectivity index (χ1n) is 6.45. The van der Waals surface area contributed by atoms with Crippen molar-refractivity contribution >= 4 is 45.9 Å². The topological polar surface area (TPSA) is 68.0 Å². The molecule has 2 aromatic heterocycles. The summed E-state index contributed by atoms with van der Waals surface area (Å²) in [5.74, 6) is -0.314. The Labute approximate surface area is 136 Å². The fourth-order valence-corrected chi connectivity index (χ4v) is 2.63. The van der Waals surface area contributed by atoms with E-state index in [-0.39, 0.29) is 5.91 Å². The molecule has 112 valence electrons. The van der Waals surface area contributed by atoms with E-state index in [4.69, 9.17) is 27.7 Å². The number of carbonyl (C=O) groups is 1. The van der Waals surface area contributed by atoms with Gasteiger partial charge in [0.15, 0.2) is 0 Å². The number of aromatic nitrogens is 2. The Hall–Kier alpha value is -2.11. The molecular weight excluding hydrogens is 325 g/mol. The van der Waals surface area contributed by atoms with Gasteiger partial charge in [-0.2, -0.15) is 0 Å². The van der Waals surface area contributed by atoms with Gasteiger partial charge in [0.05, 0.1) is 27.4 Å². The molecule has 0 radical (unpaired) electrons. The number of hydrogen-bond donors (Lipinski definition) is 1. The third-order valence-corrected chi connectivity index (χ3v) is 3.72. The minimum Gasteiger partial charge on any atom is -0.336 e. The summed E-state index contributed by atoms with van der Waals surface area (Å²) in [5, 5.41) is 8.08. The number of rotatable bonds is 2. The van der Waals surface area contributed by atoms with Crippen LogP contribution >= 0.6 is 23.2 Å². The van der Waals surface area contributed by atoms with Crippen LogP contribution in [0, 0.1) is 13.8 Å². The monoisotopic (exact) mass is 335 g/mol. The number of benzene rings is 1. The molecule has 1 N–H and O–H groups in total. The van der Waals surface area contributed by atoms with Gasteiger partial charge in [-0.25, -0.2) is 4.98 Å². The average molecular weight is 336 g/mol. The van der Waals surface area contributed by atoms with E-state index in [0.717, 1.165) is 0 Å². The smallest absolute Gasteiger partial charge is 0.258 e. The Kier molecular flexibility index (Phi) is 3.76. The molecule has 5 nitrogen and oxygen atoms in total. The van der Waals surface area contributed by atoms with E-state index in [1.54, 1.807) is 38.1 Å². The number of hydrogen-bond acceptors (Lipinski definition) is 4. The normalized spacial score (nSPS) is 10.9. The minimum absolute atomic E-state index is 0.314. The van der Waals surface area contributed by atoms with Gasteiger partial charge in [0.25, 0.3) is 11.6 Å². The molecule has 2 heterocycles. The third kappa shape index (κ3) is 2.65. The van der Waals surface area contributed by atoms with E-state index in [2.05, 4.69) is 15.5 Å². The van der Waals surface area contributed by atoms with Crippen LogP contribution in [0.25, 0.3) is 11.1 Å². The SMILES string of the molecule is Cc1cc(C(=O)Nc2ccc(Cl)cc2Cl)c2c(C)noc2n1. The molecule has 0 saturated heterocycles. The summed E-state index contributed by atoms with van der Waals surface area (Å²) in [5.41, 5.74) is 2.52. The zero-order chi connectivity index (χ0) is 15.9. The van der Waals surface area contributed by atoms with Crippen molar-refractivity contribution in [3.05, 3.63) is 51.3 Å². The molecule has 3 aromatic rings. The Balaban J connectivity index is 2.03. The zero-order valence-corrected chi connectivity index (χ0v) is 13.3. The number of fused-ring (bicyclic) bond motifs is 1. The van der Waals surface area contributed by atoms with Gasteiger partial charge >= 0.3 is 0 Å². The van der Waals surface area contributed by atoms with E-state index in [1.807, 2.05) is 0 Å². The van der Waals surface area contributed by atoms with Crippen molar-refractivity contribution in [2.45, 2.75) is 13.8 Å². The Bertz CT molecular complexity index is 890. The highest BCUT2D eigenvalue weighted by molar-refractivity contribution is 6.37. The highest BCUT2D eigenvalue weighted by Gasteiger charge is 2.18. The van der Waals surface area contributed by atoms with Crippen LogP contribution < -0.4 is 5.32 Å². The third-order valence-electron chi connectivity index (χ3n) is 3.17. The van der Waals surface area contributed by atoms with Crippen LogP contribution in [-0.2, 0) is 0 Å². The molecule has 22 heavy (non-hydrogen) atoms. The lowest BCUT2D eigenvalue weighted by atomic mass is 10.1. The van der Waals surface area contributed by atoms with E-state index in [1.165, 1.54) is 0 Å². The number of anilines is 1. The maximum absolute atomic E-state index is 12.6. The number of pyridine rings is 1. The molecule has 0 spiro atoms. The Morgan fingerprint density at radius 2 is 2.00 bits per heavy atom. The molecule has 0 aliphatic heterocycles. The van der Waals surface area contributed by atoms with E-state index < -0.39 is 0 Å². The van der Waals surface area contributed by atoms with Gasteiger partial charge in [0.2, 0.25) is 0 Å². The number of carbonyl (C=O) groups excluding carboxylic acids is 1. The molecule has 0 aliphatic carbocycles. The number of amides is 1. The first-order chi connectivity index (χ1) is 10.5. The molecule has 1 amide bonds. The van der Waals surface area contributed by atoms with E-state index in [0.29, 0.717) is 43.8 Å².